The fraction of sp³-hybridized carbons (Fsp3) is 0.545. The Morgan fingerprint density at radius 2 is 2.00 bits per heavy atom. The van der Waals surface area contributed by atoms with E-state index in [4.69, 9.17) is 10.2 Å². The average Bonchev–Trinajstić information content (AvgIpc) is 2.28. The van der Waals surface area contributed by atoms with Crippen molar-refractivity contribution in [2.45, 2.75) is 37.8 Å². The predicted molar refractivity (Wildman–Crippen MR) is 62.1 cm³/mol. The SMILES string of the molecule is O=C(O)C[C@@H](NC(=O)NC1CC=CCC1)C(=O)O. The van der Waals surface area contributed by atoms with Gasteiger partial charge in [-0.15, -0.1) is 0 Å². The minimum atomic E-state index is -1.42. The number of hydrogen-bond acceptors (Lipinski definition) is 3. The highest BCUT2D eigenvalue weighted by molar-refractivity contribution is 5.86. The Morgan fingerprint density at radius 1 is 1.28 bits per heavy atom. The summed E-state index contributed by atoms with van der Waals surface area (Å²) < 4.78 is 0. The van der Waals surface area contributed by atoms with Gasteiger partial charge >= 0.3 is 18.0 Å². The van der Waals surface area contributed by atoms with Crippen LogP contribution in [0, 0.1) is 0 Å². The third-order valence-electron chi connectivity index (χ3n) is 2.59. The van der Waals surface area contributed by atoms with Gasteiger partial charge in [0.15, 0.2) is 0 Å². The van der Waals surface area contributed by atoms with Crippen LogP contribution in [0.25, 0.3) is 0 Å². The fourth-order valence-electron chi connectivity index (χ4n) is 1.68. The van der Waals surface area contributed by atoms with Crippen LogP contribution >= 0.6 is 0 Å². The third kappa shape index (κ3) is 4.86. The second-order valence-corrected chi connectivity index (χ2v) is 4.09. The van der Waals surface area contributed by atoms with Crippen molar-refractivity contribution in [3.8, 4) is 0 Å². The largest absolute Gasteiger partial charge is 0.481 e. The van der Waals surface area contributed by atoms with E-state index in [0.717, 1.165) is 12.8 Å². The number of urea groups is 1. The molecule has 0 aromatic rings. The van der Waals surface area contributed by atoms with E-state index in [1.807, 2.05) is 12.2 Å². The van der Waals surface area contributed by atoms with Gasteiger partial charge in [-0.25, -0.2) is 9.59 Å². The number of allylic oxidation sites excluding steroid dienone is 1. The molecule has 2 atom stereocenters. The van der Waals surface area contributed by atoms with Gasteiger partial charge in [-0.3, -0.25) is 4.79 Å². The molecule has 4 N–H and O–H groups in total. The summed E-state index contributed by atoms with van der Waals surface area (Å²) in [5.41, 5.74) is 0. The summed E-state index contributed by atoms with van der Waals surface area (Å²) in [6, 6.07) is -2.10. The molecular weight excluding hydrogens is 240 g/mol. The van der Waals surface area contributed by atoms with Crippen LogP contribution in [0.3, 0.4) is 0 Å². The van der Waals surface area contributed by atoms with Crippen molar-refractivity contribution in [1.29, 1.82) is 0 Å². The molecule has 0 aliphatic heterocycles. The Hall–Kier alpha value is -2.05. The maximum atomic E-state index is 11.5. The van der Waals surface area contributed by atoms with Crippen LogP contribution in [0.15, 0.2) is 12.2 Å². The summed E-state index contributed by atoms with van der Waals surface area (Å²) in [4.78, 5) is 32.7. The normalized spacial score (nSPS) is 19.9. The summed E-state index contributed by atoms with van der Waals surface area (Å²) >= 11 is 0. The summed E-state index contributed by atoms with van der Waals surface area (Å²) in [5.74, 6) is -2.64. The van der Waals surface area contributed by atoms with E-state index in [9.17, 15) is 14.4 Å². The minimum absolute atomic E-state index is 0.0331. The highest BCUT2D eigenvalue weighted by Gasteiger charge is 2.24. The molecule has 0 saturated heterocycles. The second-order valence-electron chi connectivity index (χ2n) is 4.09. The highest BCUT2D eigenvalue weighted by atomic mass is 16.4. The fourth-order valence-corrected chi connectivity index (χ4v) is 1.68. The molecule has 2 amide bonds. The number of carboxylic acid groups (broad SMARTS) is 2. The Bertz CT molecular complexity index is 366. The van der Waals surface area contributed by atoms with E-state index in [-0.39, 0.29) is 6.04 Å². The Labute approximate surface area is 104 Å². The number of nitrogens with one attached hydrogen (secondary N) is 2. The molecule has 0 aromatic heterocycles. The number of aliphatic carboxylic acids is 2. The molecule has 0 bridgehead atoms. The molecule has 1 rings (SSSR count). The van der Waals surface area contributed by atoms with Gasteiger partial charge in [0, 0.05) is 6.04 Å². The first kappa shape index (κ1) is 14.0. The average molecular weight is 256 g/mol. The standard InChI is InChI=1S/C11H16N2O5/c14-9(15)6-8(10(16)17)13-11(18)12-7-4-2-1-3-5-7/h1-2,7-8H,3-6H2,(H,14,15)(H,16,17)(H2,12,13,18)/t7?,8-/m1/s1. The monoisotopic (exact) mass is 256 g/mol. The summed E-state index contributed by atoms with van der Waals surface area (Å²) in [6.07, 6.45) is 5.67. The Morgan fingerprint density at radius 3 is 2.50 bits per heavy atom. The van der Waals surface area contributed by atoms with Crippen LogP contribution in [0.5, 0.6) is 0 Å². The molecule has 1 aliphatic rings. The lowest BCUT2D eigenvalue weighted by atomic mass is 10.0. The molecule has 7 heteroatoms. The molecule has 0 aromatic carbocycles. The lowest BCUT2D eigenvalue weighted by molar-refractivity contribution is -0.145. The molecule has 1 aliphatic carbocycles. The molecule has 1 unspecified atom stereocenters. The van der Waals surface area contributed by atoms with Gasteiger partial charge in [-0.1, -0.05) is 12.2 Å². The van der Waals surface area contributed by atoms with Crippen molar-refractivity contribution in [1.82, 2.24) is 10.6 Å². The number of carbonyl (C=O) groups excluding carboxylic acids is 1. The number of amides is 2. The van der Waals surface area contributed by atoms with E-state index in [1.165, 1.54) is 0 Å². The molecule has 0 radical (unpaired) electrons. The zero-order valence-corrected chi connectivity index (χ0v) is 9.76. The number of carbonyl (C=O) groups is 3. The molecule has 18 heavy (non-hydrogen) atoms. The van der Waals surface area contributed by atoms with Crippen molar-refractivity contribution < 1.29 is 24.6 Å². The highest BCUT2D eigenvalue weighted by Crippen LogP contribution is 2.10. The van der Waals surface area contributed by atoms with Crippen LogP contribution in [-0.4, -0.2) is 40.3 Å². The Kier molecular flexibility index (Phi) is 5.16. The number of rotatable bonds is 5. The van der Waals surface area contributed by atoms with Crippen LogP contribution in [0.1, 0.15) is 25.7 Å². The molecule has 0 fully saturated rings. The second kappa shape index (κ2) is 6.63. The minimum Gasteiger partial charge on any atom is -0.481 e. The summed E-state index contributed by atoms with van der Waals surface area (Å²) in [5, 5.41) is 22.0. The first-order chi connectivity index (χ1) is 8.49. The van der Waals surface area contributed by atoms with E-state index in [2.05, 4.69) is 10.6 Å². The van der Waals surface area contributed by atoms with Gasteiger partial charge < -0.3 is 20.8 Å². The van der Waals surface area contributed by atoms with E-state index < -0.39 is 30.4 Å². The summed E-state index contributed by atoms with van der Waals surface area (Å²) in [7, 11) is 0. The van der Waals surface area contributed by atoms with Gasteiger partial charge in [0.1, 0.15) is 6.04 Å². The first-order valence-electron chi connectivity index (χ1n) is 5.65. The molecular formula is C11H16N2O5. The Balaban J connectivity index is 2.43. The van der Waals surface area contributed by atoms with Crippen LogP contribution < -0.4 is 10.6 Å². The van der Waals surface area contributed by atoms with Gasteiger partial charge in [-0.05, 0) is 19.3 Å². The lowest BCUT2D eigenvalue weighted by Crippen LogP contribution is -2.49. The predicted octanol–water partition coefficient (Wildman–Crippen LogP) is 0.322. The first-order valence-corrected chi connectivity index (χ1v) is 5.65. The van der Waals surface area contributed by atoms with Crippen molar-refractivity contribution in [3.05, 3.63) is 12.2 Å². The van der Waals surface area contributed by atoms with Gasteiger partial charge in [0.05, 0.1) is 6.42 Å². The van der Waals surface area contributed by atoms with Gasteiger partial charge in [0.25, 0.3) is 0 Å². The van der Waals surface area contributed by atoms with Gasteiger partial charge in [-0.2, -0.15) is 0 Å². The van der Waals surface area contributed by atoms with Crippen LogP contribution in [-0.2, 0) is 9.59 Å². The third-order valence-corrected chi connectivity index (χ3v) is 2.59. The maximum absolute atomic E-state index is 11.5. The molecule has 0 heterocycles. The number of hydrogen-bond donors (Lipinski definition) is 4. The molecule has 7 nitrogen and oxygen atoms in total. The molecule has 0 saturated carbocycles. The van der Waals surface area contributed by atoms with E-state index >= 15 is 0 Å². The topological polar surface area (TPSA) is 116 Å². The van der Waals surface area contributed by atoms with E-state index in [1.54, 1.807) is 0 Å². The smallest absolute Gasteiger partial charge is 0.326 e. The van der Waals surface area contributed by atoms with Crippen molar-refractivity contribution in [3.63, 3.8) is 0 Å². The molecule has 0 spiro atoms. The quantitative estimate of drug-likeness (QED) is 0.529. The molecule has 100 valence electrons. The maximum Gasteiger partial charge on any atom is 0.326 e. The zero-order chi connectivity index (χ0) is 13.5. The van der Waals surface area contributed by atoms with Crippen molar-refractivity contribution >= 4 is 18.0 Å². The van der Waals surface area contributed by atoms with Crippen molar-refractivity contribution in [2.75, 3.05) is 0 Å². The van der Waals surface area contributed by atoms with Gasteiger partial charge in [0.2, 0.25) is 0 Å². The lowest BCUT2D eigenvalue weighted by Gasteiger charge is -2.21. The van der Waals surface area contributed by atoms with Crippen LogP contribution in [0.4, 0.5) is 4.79 Å². The number of carboxylic acids is 2. The van der Waals surface area contributed by atoms with Crippen LogP contribution in [0.2, 0.25) is 0 Å². The van der Waals surface area contributed by atoms with Crippen molar-refractivity contribution in [2.24, 2.45) is 0 Å². The zero-order valence-electron chi connectivity index (χ0n) is 9.76. The summed E-state index contributed by atoms with van der Waals surface area (Å²) in [6.45, 7) is 0. The van der Waals surface area contributed by atoms with E-state index in [0.29, 0.717) is 6.42 Å².